The molecule has 1 atom stereocenters. The summed E-state index contributed by atoms with van der Waals surface area (Å²) < 4.78 is 0. The van der Waals surface area contributed by atoms with E-state index >= 15 is 0 Å². The highest BCUT2D eigenvalue weighted by molar-refractivity contribution is 6.30. The molecule has 0 radical (unpaired) electrons. The smallest absolute Gasteiger partial charge is 0.227 e. The van der Waals surface area contributed by atoms with Gasteiger partial charge < -0.3 is 9.80 Å². The molecule has 1 saturated heterocycles. The number of amides is 1. The average Bonchev–Trinajstić information content (AvgIpc) is 3.11. The zero-order chi connectivity index (χ0) is 16.5. The van der Waals surface area contributed by atoms with Crippen LogP contribution >= 0.6 is 11.6 Å². The molecule has 24 heavy (non-hydrogen) atoms. The Morgan fingerprint density at radius 2 is 1.96 bits per heavy atom. The first-order valence-electron chi connectivity index (χ1n) is 8.43. The number of carbonyl (C=O) groups excluding carboxylic acids is 1. The number of anilines is 1. The van der Waals surface area contributed by atoms with Crippen molar-refractivity contribution < 1.29 is 4.79 Å². The average molecular weight is 342 g/mol. The van der Waals surface area contributed by atoms with Crippen molar-refractivity contribution in [1.82, 2.24) is 9.88 Å². The number of benzene rings is 1. The highest BCUT2D eigenvalue weighted by atomic mass is 35.5. The van der Waals surface area contributed by atoms with Crippen LogP contribution in [0.2, 0.25) is 5.02 Å². The maximum absolute atomic E-state index is 12.9. The van der Waals surface area contributed by atoms with Gasteiger partial charge in [0, 0.05) is 32.4 Å². The van der Waals surface area contributed by atoms with Gasteiger partial charge >= 0.3 is 0 Å². The van der Waals surface area contributed by atoms with Crippen molar-refractivity contribution in [2.45, 2.75) is 19.4 Å². The van der Waals surface area contributed by atoms with Gasteiger partial charge in [-0.05, 0) is 36.1 Å². The highest BCUT2D eigenvalue weighted by Gasteiger charge is 2.33. The third-order valence-corrected chi connectivity index (χ3v) is 5.24. The Balaban J connectivity index is 1.42. The topological polar surface area (TPSA) is 36.4 Å². The Kier molecular flexibility index (Phi) is 4.15. The molecular formula is C19H20ClN3O. The van der Waals surface area contributed by atoms with Crippen molar-refractivity contribution in [3.8, 4) is 0 Å². The number of halogens is 1. The number of aromatic nitrogens is 1. The summed E-state index contributed by atoms with van der Waals surface area (Å²) in [6.07, 6.45) is 3.51. The second kappa shape index (κ2) is 6.44. The summed E-state index contributed by atoms with van der Waals surface area (Å²) in [5, 5.41) is 0.637. The molecule has 2 aliphatic heterocycles. The van der Waals surface area contributed by atoms with Gasteiger partial charge in [-0.1, -0.05) is 35.9 Å². The van der Waals surface area contributed by atoms with Crippen LogP contribution in [0.25, 0.3) is 0 Å². The number of pyridine rings is 1. The fourth-order valence-electron chi connectivity index (χ4n) is 3.67. The van der Waals surface area contributed by atoms with Crippen LogP contribution in [-0.2, 0) is 17.8 Å². The number of fused-ring (bicyclic) bond motifs is 1. The summed E-state index contributed by atoms with van der Waals surface area (Å²) in [4.78, 5) is 21.5. The molecule has 0 spiro atoms. The van der Waals surface area contributed by atoms with E-state index < -0.39 is 0 Å². The zero-order valence-corrected chi connectivity index (χ0v) is 14.2. The molecule has 0 aliphatic carbocycles. The molecule has 1 aromatic heterocycles. The minimum Gasteiger partial charge on any atom is -0.356 e. The van der Waals surface area contributed by atoms with Gasteiger partial charge in [-0.15, -0.1) is 0 Å². The van der Waals surface area contributed by atoms with E-state index in [4.69, 9.17) is 11.6 Å². The fraction of sp³-hybridized carbons (Fsp3) is 0.368. The molecule has 3 heterocycles. The summed E-state index contributed by atoms with van der Waals surface area (Å²) >= 11 is 5.90. The minimum atomic E-state index is 0.0627. The molecule has 124 valence electrons. The molecule has 4 rings (SSSR count). The van der Waals surface area contributed by atoms with Gasteiger partial charge in [0.05, 0.1) is 10.9 Å². The maximum atomic E-state index is 12.9. The van der Waals surface area contributed by atoms with Gasteiger partial charge in [0.1, 0.15) is 5.82 Å². The molecule has 0 saturated carbocycles. The predicted molar refractivity (Wildman–Crippen MR) is 95.1 cm³/mol. The van der Waals surface area contributed by atoms with E-state index in [0.29, 0.717) is 5.02 Å². The molecule has 4 nitrogen and oxygen atoms in total. The molecule has 0 N–H and O–H groups in total. The standard InChI is InChI=1S/C19H20ClN3O/c20-17-5-6-18(21-11-17)22-9-8-16(13-22)19(24)23-10-7-14-3-1-2-4-15(14)12-23/h1-6,11,16H,7-10,12-13H2. The summed E-state index contributed by atoms with van der Waals surface area (Å²) in [6, 6.07) is 12.2. The van der Waals surface area contributed by atoms with E-state index in [2.05, 4.69) is 34.1 Å². The van der Waals surface area contributed by atoms with E-state index in [1.807, 2.05) is 17.0 Å². The maximum Gasteiger partial charge on any atom is 0.227 e. The Morgan fingerprint density at radius 1 is 1.12 bits per heavy atom. The molecule has 1 unspecified atom stereocenters. The van der Waals surface area contributed by atoms with Gasteiger partial charge in [-0.2, -0.15) is 0 Å². The number of rotatable bonds is 2. The molecule has 1 aromatic carbocycles. The third kappa shape index (κ3) is 2.98. The van der Waals surface area contributed by atoms with E-state index in [-0.39, 0.29) is 11.8 Å². The lowest BCUT2D eigenvalue weighted by molar-refractivity contribution is -0.135. The lowest BCUT2D eigenvalue weighted by Crippen LogP contribution is -2.40. The largest absolute Gasteiger partial charge is 0.356 e. The predicted octanol–water partition coefficient (Wildman–Crippen LogP) is 3.15. The van der Waals surface area contributed by atoms with E-state index in [1.54, 1.807) is 6.20 Å². The first-order valence-corrected chi connectivity index (χ1v) is 8.80. The second-order valence-electron chi connectivity index (χ2n) is 6.54. The summed E-state index contributed by atoms with van der Waals surface area (Å²) in [5.41, 5.74) is 2.66. The monoisotopic (exact) mass is 341 g/mol. The number of hydrogen-bond donors (Lipinski definition) is 0. The molecule has 1 amide bonds. The van der Waals surface area contributed by atoms with Gasteiger partial charge in [0.15, 0.2) is 0 Å². The van der Waals surface area contributed by atoms with Gasteiger partial charge in [-0.25, -0.2) is 4.98 Å². The first-order chi connectivity index (χ1) is 11.7. The molecular weight excluding hydrogens is 322 g/mol. The van der Waals surface area contributed by atoms with Crippen LogP contribution in [0.4, 0.5) is 5.82 Å². The lowest BCUT2D eigenvalue weighted by Gasteiger charge is -2.31. The van der Waals surface area contributed by atoms with Gasteiger partial charge in [0.2, 0.25) is 5.91 Å². The lowest BCUT2D eigenvalue weighted by atomic mass is 9.98. The number of hydrogen-bond acceptors (Lipinski definition) is 3. The second-order valence-corrected chi connectivity index (χ2v) is 6.98. The third-order valence-electron chi connectivity index (χ3n) is 5.02. The number of carbonyl (C=O) groups is 1. The van der Waals surface area contributed by atoms with Crippen LogP contribution in [0.3, 0.4) is 0 Å². The molecule has 5 heteroatoms. The van der Waals surface area contributed by atoms with Crippen molar-refractivity contribution >= 4 is 23.3 Å². The Morgan fingerprint density at radius 3 is 2.75 bits per heavy atom. The van der Waals surface area contributed by atoms with Crippen molar-refractivity contribution in [3.63, 3.8) is 0 Å². The van der Waals surface area contributed by atoms with Crippen LogP contribution in [0.5, 0.6) is 0 Å². The zero-order valence-electron chi connectivity index (χ0n) is 13.5. The molecule has 2 aromatic rings. The number of nitrogens with zero attached hydrogens (tertiary/aromatic N) is 3. The first kappa shape index (κ1) is 15.5. The Hall–Kier alpha value is -2.07. The Bertz CT molecular complexity index is 747. The minimum absolute atomic E-state index is 0.0627. The quantitative estimate of drug-likeness (QED) is 0.842. The Labute approximate surface area is 147 Å². The van der Waals surface area contributed by atoms with Crippen molar-refractivity contribution in [3.05, 3.63) is 58.7 Å². The van der Waals surface area contributed by atoms with Gasteiger partial charge in [0.25, 0.3) is 0 Å². The molecule has 2 aliphatic rings. The van der Waals surface area contributed by atoms with Crippen molar-refractivity contribution in [2.75, 3.05) is 24.5 Å². The summed E-state index contributed by atoms with van der Waals surface area (Å²) in [5.74, 6) is 1.24. The van der Waals surface area contributed by atoms with Crippen LogP contribution in [0, 0.1) is 5.92 Å². The van der Waals surface area contributed by atoms with Crippen LogP contribution in [0.1, 0.15) is 17.5 Å². The molecule has 0 bridgehead atoms. The summed E-state index contributed by atoms with van der Waals surface area (Å²) in [7, 11) is 0. The van der Waals surface area contributed by atoms with Crippen molar-refractivity contribution in [2.24, 2.45) is 5.92 Å². The van der Waals surface area contributed by atoms with E-state index in [9.17, 15) is 4.79 Å². The summed E-state index contributed by atoms with van der Waals surface area (Å²) in [6.45, 7) is 3.18. The van der Waals surface area contributed by atoms with E-state index in [0.717, 1.165) is 44.8 Å². The van der Waals surface area contributed by atoms with Crippen LogP contribution in [0.15, 0.2) is 42.6 Å². The highest BCUT2D eigenvalue weighted by Crippen LogP contribution is 2.26. The SMILES string of the molecule is O=C(C1CCN(c2ccc(Cl)cn2)C1)N1CCc2ccccc2C1. The van der Waals surface area contributed by atoms with Gasteiger partial charge in [-0.3, -0.25) is 4.79 Å². The van der Waals surface area contributed by atoms with Crippen LogP contribution in [-0.4, -0.2) is 35.4 Å². The molecule has 1 fully saturated rings. The van der Waals surface area contributed by atoms with E-state index in [1.165, 1.54) is 11.1 Å². The van der Waals surface area contributed by atoms with Crippen molar-refractivity contribution in [1.29, 1.82) is 0 Å². The normalized spacial score (nSPS) is 20.1. The fourth-order valence-corrected chi connectivity index (χ4v) is 3.78. The van der Waals surface area contributed by atoms with Crippen LogP contribution < -0.4 is 4.90 Å².